The molecule has 4 aromatic rings. The lowest BCUT2D eigenvalue weighted by Gasteiger charge is -2.11. The fourth-order valence-electron chi connectivity index (χ4n) is 3.00. The summed E-state index contributed by atoms with van der Waals surface area (Å²) < 4.78 is 0. The van der Waals surface area contributed by atoms with Crippen molar-refractivity contribution in [1.29, 1.82) is 0 Å². The first-order chi connectivity index (χ1) is 10.7. The van der Waals surface area contributed by atoms with E-state index >= 15 is 0 Å². The summed E-state index contributed by atoms with van der Waals surface area (Å²) in [5.41, 5.74) is 6.22. The van der Waals surface area contributed by atoms with E-state index in [1.807, 2.05) is 31.2 Å². The Hall–Kier alpha value is -2.74. The Kier molecular flexibility index (Phi) is 2.90. The summed E-state index contributed by atoms with van der Waals surface area (Å²) >= 11 is 0. The molecule has 22 heavy (non-hydrogen) atoms. The highest BCUT2D eigenvalue weighted by Crippen LogP contribution is 2.31. The third-order valence-electron chi connectivity index (χ3n) is 4.01. The summed E-state index contributed by atoms with van der Waals surface area (Å²) in [6.45, 7) is 4.16. The Bertz CT molecular complexity index is 1000. The van der Waals surface area contributed by atoms with Crippen LogP contribution in [0.3, 0.4) is 0 Å². The van der Waals surface area contributed by atoms with Crippen molar-refractivity contribution in [2.75, 3.05) is 0 Å². The maximum absolute atomic E-state index is 4.87. The second-order valence-electron chi connectivity index (χ2n) is 5.68. The third-order valence-corrected chi connectivity index (χ3v) is 4.01. The standard InChI is InChI=1S/C20H16N2/c1-13-11-15-7-3-4-8-16(15)17(12-13)20-14(2)21-18-9-5-6-10-19(18)22-20/h3-12H,1-2H3. The third kappa shape index (κ3) is 2.04. The van der Waals surface area contributed by atoms with Crippen LogP contribution >= 0.6 is 0 Å². The Labute approximate surface area is 129 Å². The van der Waals surface area contributed by atoms with Gasteiger partial charge in [-0.25, -0.2) is 9.97 Å². The number of hydrogen-bond donors (Lipinski definition) is 0. The average molecular weight is 284 g/mol. The van der Waals surface area contributed by atoms with Crippen molar-refractivity contribution in [2.45, 2.75) is 13.8 Å². The van der Waals surface area contributed by atoms with Gasteiger partial charge in [0.2, 0.25) is 0 Å². The number of fused-ring (bicyclic) bond motifs is 2. The minimum Gasteiger partial charge on any atom is -0.249 e. The molecule has 0 spiro atoms. The van der Waals surface area contributed by atoms with E-state index in [0.717, 1.165) is 28.0 Å². The van der Waals surface area contributed by atoms with Gasteiger partial charge in [-0.2, -0.15) is 0 Å². The fraction of sp³-hybridized carbons (Fsp3) is 0.100. The van der Waals surface area contributed by atoms with Crippen LogP contribution in [0.25, 0.3) is 33.1 Å². The van der Waals surface area contributed by atoms with E-state index in [1.54, 1.807) is 0 Å². The van der Waals surface area contributed by atoms with Gasteiger partial charge in [-0.1, -0.05) is 42.5 Å². The van der Waals surface area contributed by atoms with Crippen LogP contribution in [0.2, 0.25) is 0 Å². The molecule has 0 atom stereocenters. The predicted molar refractivity (Wildman–Crippen MR) is 92.0 cm³/mol. The second-order valence-corrected chi connectivity index (χ2v) is 5.68. The molecule has 2 heteroatoms. The van der Waals surface area contributed by atoms with Crippen molar-refractivity contribution in [2.24, 2.45) is 0 Å². The van der Waals surface area contributed by atoms with Crippen molar-refractivity contribution in [3.63, 3.8) is 0 Å². The van der Waals surface area contributed by atoms with Crippen molar-refractivity contribution in [3.8, 4) is 11.3 Å². The number of aryl methyl sites for hydroxylation is 2. The van der Waals surface area contributed by atoms with Gasteiger partial charge >= 0.3 is 0 Å². The van der Waals surface area contributed by atoms with Crippen molar-refractivity contribution in [3.05, 3.63) is 71.9 Å². The molecular weight excluding hydrogens is 268 g/mol. The minimum atomic E-state index is 0.939. The summed E-state index contributed by atoms with van der Waals surface area (Å²) in [6.07, 6.45) is 0. The minimum absolute atomic E-state index is 0.939. The van der Waals surface area contributed by atoms with Crippen molar-refractivity contribution >= 4 is 21.8 Å². The van der Waals surface area contributed by atoms with Crippen molar-refractivity contribution < 1.29 is 0 Å². The molecule has 4 rings (SSSR count). The highest BCUT2D eigenvalue weighted by molar-refractivity contribution is 5.97. The maximum atomic E-state index is 4.87. The lowest BCUT2D eigenvalue weighted by atomic mass is 9.98. The van der Waals surface area contributed by atoms with E-state index in [4.69, 9.17) is 9.97 Å². The zero-order valence-electron chi connectivity index (χ0n) is 12.7. The van der Waals surface area contributed by atoms with E-state index in [9.17, 15) is 0 Å². The second kappa shape index (κ2) is 4.92. The number of nitrogens with zero attached hydrogens (tertiary/aromatic N) is 2. The van der Waals surface area contributed by atoms with Crippen LogP contribution in [-0.2, 0) is 0 Å². The number of aromatic nitrogens is 2. The molecule has 3 aromatic carbocycles. The van der Waals surface area contributed by atoms with Gasteiger partial charge in [-0.3, -0.25) is 0 Å². The van der Waals surface area contributed by atoms with Gasteiger partial charge in [-0.05, 0) is 48.4 Å². The maximum Gasteiger partial charge on any atom is 0.0928 e. The Balaban J connectivity index is 2.09. The first-order valence-corrected chi connectivity index (χ1v) is 7.45. The van der Waals surface area contributed by atoms with Crippen LogP contribution in [-0.4, -0.2) is 9.97 Å². The SMILES string of the molecule is Cc1cc(-c2nc3ccccc3nc2C)c2ccccc2c1. The Morgan fingerprint density at radius 1 is 0.727 bits per heavy atom. The predicted octanol–water partition coefficient (Wildman–Crippen LogP) is 5.07. The lowest BCUT2D eigenvalue weighted by Crippen LogP contribution is -1.95. The van der Waals surface area contributed by atoms with Crippen LogP contribution in [0, 0.1) is 13.8 Å². The van der Waals surface area contributed by atoms with Crippen LogP contribution in [0.5, 0.6) is 0 Å². The molecule has 0 saturated carbocycles. The van der Waals surface area contributed by atoms with E-state index in [-0.39, 0.29) is 0 Å². The van der Waals surface area contributed by atoms with Gasteiger partial charge in [0.1, 0.15) is 0 Å². The van der Waals surface area contributed by atoms with Crippen LogP contribution < -0.4 is 0 Å². The smallest absolute Gasteiger partial charge is 0.0928 e. The molecule has 0 fully saturated rings. The molecule has 0 saturated heterocycles. The summed E-state index contributed by atoms with van der Waals surface area (Å²) in [5.74, 6) is 0. The molecule has 0 unspecified atom stereocenters. The number of hydrogen-bond acceptors (Lipinski definition) is 2. The molecule has 0 aliphatic rings. The van der Waals surface area contributed by atoms with Gasteiger partial charge in [0.15, 0.2) is 0 Å². The Morgan fingerprint density at radius 2 is 1.41 bits per heavy atom. The number of para-hydroxylation sites is 2. The zero-order chi connectivity index (χ0) is 15.1. The molecule has 106 valence electrons. The average Bonchev–Trinajstić information content (AvgIpc) is 2.53. The largest absolute Gasteiger partial charge is 0.249 e. The molecule has 0 aliphatic heterocycles. The highest BCUT2D eigenvalue weighted by Gasteiger charge is 2.11. The van der Waals surface area contributed by atoms with E-state index < -0.39 is 0 Å². The summed E-state index contributed by atoms with van der Waals surface area (Å²) in [6, 6.07) is 20.9. The summed E-state index contributed by atoms with van der Waals surface area (Å²) in [4.78, 5) is 9.60. The molecule has 1 aromatic heterocycles. The van der Waals surface area contributed by atoms with E-state index in [0.29, 0.717) is 0 Å². The van der Waals surface area contributed by atoms with Gasteiger partial charge in [0.25, 0.3) is 0 Å². The first kappa shape index (κ1) is 13.0. The topological polar surface area (TPSA) is 25.8 Å². The van der Waals surface area contributed by atoms with E-state index in [1.165, 1.54) is 16.3 Å². The molecule has 1 heterocycles. The lowest BCUT2D eigenvalue weighted by molar-refractivity contribution is 1.19. The van der Waals surface area contributed by atoms with E-state index in [2.05, 4.69) is 43.3 Å². The normalized spacial score (nSPS) is 11.2. The molecule has 0 radical (unpaired) electrons. The molecule has 0 N–H and O–H groups in total. The summed E-state index contributed by atoms with van der Waals surface area (Å²) in [5, 5.41) is 2.47. The summed E-state index contributed by atoms with van der Waals surface area (Å²) in [7, 11) is 0. The van der Waals surface area contributed by atoms with Crippen LogP contribution in [0.1, 0.15) is 11.3 Å². The molecule has 0 aliphatic carbocycles. The van der Waals surface area contributed by atoms with Gasteiger partial charge < -0.3 is 0 Å². The first-order valence-electron chi connectivity index (χ1n) is 7.45. The molecule has 2 nitrogen and oxygen atoms in total. The molecule has 0 bridgehead atoms. The van der Waals surface area contributed by atoms with Gasteiger partial charge in [0, 0.05) is 5.56 Å². The van der Waals surface area contributed by atoms with Gasteiger partial charge in [-0.15, -0.1) is 0 Å². The fourth-order valence-corrected chi connectivity index (χ4v) is 3.00. The quantitative estimate of drug-likeness (QED) is 0.488. The van der Waals surface area contributed by atoms with Crippen LogP contribution in [0.15, 0.2) is 60.7 Å². The Morgan fingerprint density at radius 3 is 2.23 bits per heavy atom. The molecule has 0 amide bonds. The number of rotatable bonds is 1. The van der Waals surface area contributed by atoms with Crippen LogP contribution in [0.4, 0.5) is 0 Å². The monoisotopic (exact) mass is 284 g/mol. The van der Waals surface area contributed by atoms with Gasteiger partial charge in [0.05, 0.1) is 22.4 Å². The van der Waals surface area contributed by atoms with Crippen molar-refractivity contribution in [1.82, 2.24) is 9.97 Å². The number of benzene rings is 3. The highest BCUT2D eigenvalue weighted by atomic mass is 14.8. The zero-order valence-corrected chi connectivity index (χ0v) is 12.7. The molecular formula is C20H16N2.